The highest BCUT2D eigenvalue weighted by atomic mass is 16.5. The zero-order chi connectivity index (χ0) is 16.4. The highest BCUT2D eigenvalue weighted by Crippen LogP contribution is 2.50. The molecule has 1 atom stereocenters. The van der Waals surface area contributed by atoms with Gasteiger partial charge in [-0.05, 0) is 44.2 Å². The second-order valence-corrected chi connectivity index (χ2v) is 6.77. The molecule has 3 rings (SSSR count). The Labute approximate surface area is 136 Å². The minimum Gasteiger partial charge on any atom is -0.368 e. The van der Waals surface area contributed by atoms with Crippen molar-refractivity contribution in [1.29, 1.82) is 0 Å². The van der Waals surface area contributed by atoms with E-state index >= 15 is 0 Å². The lowest BCUT2D eigenvalue weighted by atomic mass is 9.60. The van der Waals surface area contributed by atoms with Crippen molar-refractivity contribution in [1.82, 2.24) is 4.90 Å². The van der Waals surface area contributed by atoms with Gasteiger partial charge >= 0.3 is 0 Å². The molecule has 2 N–H and O–H groups in total. The van der Waals surface area contributed by atoms with Gasteiger partial charge in [0.2, 0.25) is 5.91 Å². The van der Waals surface area contributed by atoms with Crippen molar-refractivity contribution in [2.75, 3.05) is 19.7 Å². The number of ether oxygens (including phenoxy) is 1. The number of aryl methyl sites for hydroxylation is 1. The van der Waals surface area contributed by atoms with Gasteiger partial charge in [-0.1, -0.05) is 18.2 Å². The third-order valence-corrected chi connectivity index (χ3v) is 5.44. The lowest BCUT2D eigenvalue weighted by Gasteiger charge is -2.53. The Morgan fingerprint density at radius 1 is 1.26 bits per heavy atom. The van der Waals surface area contributed by atoms with Crippen LogP contribution in [0.15, 0.2) is 24.3 Å². The van der Waals surface area contributed by atoms with Gasteiger partial charge in [0.15, 0.2) is 0 Å². The lowest BCUT2D eigenvalue weighted by molar-refractivity contribution is -0.148. The summed E-state index contributed by atoms with van der Waals surface area (Å²) in [4.78, 5) is 25.5. The Bertz CT molecular complexity index is 606. The van der Waals surface area contributed by atoms with Crippen LogP contribution >= 0.6 is 0 Å². The molecule has 0 aromatic heterocycles. The molecule has 23 heavy (non-hydrogen) atoms. The van der Waals surface area contributed by atoms with Crippen LogP contribution in [0.25, 0.3) is 0 Å². The number of carbonyl (C=O) groups is 2. The molecule has 1 aromatic rings. The van der Waals surface area contributed by atoms with Gasteiger partial charge in [-0.25, -0.2) is 0 Å². The zero-order valence-electron chi connectivity index (χ0n) is 13.6. The van der Waals surface area contributed by atoms with Crippen LogP contribution in [0.4, 0.5) is 0 Å². The predicted octanol–water partition coefficient (Wildman–Crippen LogP) is 1.88. The molecule has 2 amide bonds. The third-order valence-electron chi connectivity index (χ3n) is 5.44. The van der Waals surface area contributed by atoms with Gasteiger partial charge in [-0.15, -0.1) is 0 Å². The first-order chi connectivity index (χ1) is 11.0. The molecule has 1 spiro atoms. The van der Waals surface area contributed by atoms with Gasteiger partial charge in [-0.3, -0.25) is 9.59 Å². The average molecular weight is 316 g/mol. The second-order valence-electron chi connectivity index (χ2n) is 6.77. The molecule has 0 radical (unpaired) electrons. The molecule has 1 aliphatic heterocycles. The summed E-state index contributed by atoms with van der Waals surface area (Å²) >= 11 is 0. The van der Waals surface area contributed by atoms with E-state index in [1.165, 1.54) is 0 Å². The molecule has 5 nitrogen and oxygen atoms in total. The molecule has 1 heterocycles. The number of benzene rings is 1. The van der Waals surface area contributed by atoms with Crippen molar-refractivity contribution < 1.29 is 14.3 Å². The topological polar surface area (TPSA) is 72.6 Å². The Kier molecular flexibility index (Phi) is 4.39. The monoisotopic (exact) mass is 316 g/mol. The summed E-state index contributed by atoms with van der Waals surface area (Å²) in [6.45, 7) is 3.48. The number of amides is 2. The minimum atomic E-state index is -0.417. The number of nitrogens with two attached hydrogens (primary N) is 1. The summed E-state index contributed by atoms with van der Waals surface area (Å²) in [5.74, 6) is -0.300. The molecule has 2 fully saturated rings. The minimum absolute atomic E-state index is 0.00171. The smallest absolute Gasteiger partial charge is 0.254 e. The predicted molar refractivity (Wildman–Crippen MR) is 86.9 cm³/mol. The first kappa shape index (κ1) is 16.0. The molecular formula is C18H24N2O3. The number of likely N-dealkylation sites (tertiary alicyclic amines) is 1. The van der Waals surface area contributed by atoms with Crippen molar-refractivity contribution >= 4 is 11.8 Å². The maximum absolute atomic E-state index is 12.7. The Morgan fingerprint density at radius 3 is 2.52 bits per heavy atom. The fraction of sp³-hybridized carbons (Fsp3) is 0.556. The van der Waals surface area contributed by atoms with Gasteiger partial charge in [0.1, 0.15) is 6.61 Å². The lowest BCUT2D eigenvalue weighted by Crippen LogP contribution is -2.54. The number of primary amides is 1. The van der Waals surface area contributed by atoms with Gasteiger partial charge in [-0.2, -0.15) is 0 Å². The van der Waals surface area contributed by atoms with E-state index in [1.54, 1.807) is 0 Å². The quantitative estimate of drug-likeness (QED) is 0.922. The van der Waals surface area contributed by atoms with Gasteiger partial charge in [0.05, 0.1) is 6.10 Å². The normalized spacial score (nSPS) is 22.7. The summed E-state index contributed by atoms with van der Waals surface area (Å²) in [5, 5.41) is 0. The van der Waals surface area contributed by atoms with E-state index in [0.717, 1.165) is 49.9 Å². The summed E-state index contributed by atoms with van der Waals surface area (Å²) in [6.07, 6.45) is 4.09. The fourth-order valence-corrected chi connectivity index (χ4v) is 3.82. The number of hydrogen-bond acceptors (Lipinski definition) is 3. The van der Waals surface area contributed by atoms with Crippen LogP contribution in [-0.4, -0.2) is 42.5 Å². The van der Waals surface area contributed by atoms with E-state index in [2.05, 4.69) is 0 Å². The van der Waals surface area contributed by atoms with E-state index in [1.807, 2.05) is 36.1 Å². The number of carbonyl (C=O) groups excluding carboxylic acids is 2. The van der Waals surface area contributed by atoms with Crippen molar-refractivity contribution in [3.63, 3.8) is 0 Å². The Hall–Kier alpha value is -1.88. The molecule has 124 valence electrons. The van der Waals surface area contributed by atoms with Crippen LogP contribution in [0.1, 0.15) is 41.6 Å². The van der Waals surface area contributed by atoms with Crippen LogP contribution in [0.2, 0.25) is 0 Å². The highest BCUT2D eigenvalue weighted by Gasteiger charge is 2.49. The standard InChI is InChI=1S/C18H24N2O3/c1-13-4-2-3-5-14(13)17(22)20-10-8-18(9-11-20)7-6-15(18)23-12-16(19)21/h2-5,15H,6-12H2,1H3,(H2,19,21). The first-order valence-corrected chi connectivity index (χ1v) is 8.27. The molecule has 1 saturated heterocycles. The number of hydrogen-bond donors (Lipinski definition) is 1. The number of nitrogens with zero attached hydrogens (tertiary/aromatic N) is 1. The second kappa shape index (κ2) is 6.32. The molecule has 5 heteroatoms. The van der Waals surface area contributed by atoms with Gasteiger partial charge in [0, 0.05) is 24.1 Å². The third kappa shape index (κ3) is 3.11. The van der Waals surface area contributed by atoms with Crippen molar-refractivity contribution in [3.8, 4) is 0 Å². The van der Waals surface area contributed by atoms with Crippen LogP contribution in [0.3, 0.4) is 0 Å². The van der Waals surface area contributed by atoms with E-state index in [0.29, 0.717) is 0 Å². The van der Waals surface area contributed by atoms with Gasteiger partial charge < -0.3 is 15.4 Å². The van der Waals surface area contributed by atoms with E-state index in [9.17, 15) is 9.59 Å². The average Bonchev–Trinajstić information content (AvgIpc) is 2.53. The maximum atomic E-state index is 12.7. The first-order valence-electron chi connectivity index (χ1n) is 8.27. The molecular weight excluding hydrogens is 292 g/mol. The zero-order valence-corrected chi connectivity index (χ0v) is 13.6. The Morgan fingerprint density at radius 2 is 1.96 bits per heavy atom. The van der Waals surface area contributed by atoms with E-state index < -0.39 is 5.91 Å². The van der Waals surface area contributed by atoms with E-state index in [-0.39, 0.29) is 24.0 Å². The van der Waals surface area contributed by atoms with Crippen LogP contribution in [0.5, 0.6) is 0 Å². The largest absolute Gasteiger partial charge is 0.368 e. The maximum Gasteiger partial charge on any atom is 0.254 e. The van der Waals surface area contributed by atoms with Crippen molar-refractivity contribution in [3.05, 3.63) is 35.4 Å². The number of piperidine rings is 1. The SMILES string of the molecule is Cc1ccccc1C(=O)N1CCC2(CCC2OCC(N)=O)CC1. The summed E-state index contributed by atoms with van der Waals surface area (Å²) in [6, 6.07) is 7.72. The number of rotatable bonds is 4. The fourth-order valence-electron chi connectivity index (χ4n) is 3.82. The van der Waals surface area contributed by atoms with Crippen molar-refractivity contribution in [2.24, 2.45) is 11.1 Å². The molecule has 1 aliphatic carbocycles. The van der Waals surface area contributed by atoms with Crippen LogP contribution < -0.4 is 5.73 Å². The van der Waals surface area contributed by atoms with Crippen LogP contribution in [-0.2, 0) is 9.53 Å². The summed E-state index contributed by atoms with van der Waals surface area (Å²) < 4.78 is 5.65. The molecule has 1 saturated carbocycles. The van der Waals surface area contributed by atoms with Crippen molar-refractivity contribution in [2.45, 2.75) is 38.7 Å². The molecule has 1 aromatic carbocycles. The van der Waals surface area contributed by atoms with Crippen LogP contribution in [0, 0.1) is 12.3 Å². The molecule has 2 aliphatic rings. The molecule has 0 bridgehead atoms. The Balaban J connectivity index is 1.59. The molecule has 1 unspecified atom stereocenters. The summed E-state index contributed by atoms with van der Waals surface area (Å²) in [7, 11) is 0. The highest BCUT2D eigenvalue weighted by molar-refractivity contribution is 5.95. The van der Waals surface area contributed by atoms with E-state index in [4.69, 9.17) is 10.5 Å². The summed E-state index contributed by atoms with van der Waals surface area (Å²) in [5.41, 5.74) is 7.11. The van der Waals surface area contributed by atoms with Gasteiger partial charge in [0.25, 0.3) is 5.91 Å².